The van der Waals surface area contributed by atoms with Crippen molar-refractivity contribution in [3.63, 3.8) is 0 Å². The highest BCUT2D eigenvalue weighted by Crippen LogP contribution is 2.46. The summed E-state index contributed by atoms with van der Waals surface area (Å²) < 4.78 is 86.5. The Labute approximate surface area is 198 Å². The molecule has 0 unspecified atom stereocenters. The van der Waals surface area contributed by atoms with E-state index in [9.17, 15) is 31.1 Å². The Kier molecular flexibility index (Phi) is 6.01. The average molecular weight is 602 g/mol. The smallest absolute Gasteiger partial charge is 0.416 e. The number of furan rings is 1. The Morgan fingerprint density at radius 2 is 1.88 bits per heavy atom. The molecule has 4 rings (SSSR count). The van der Waals surface area contributed by atoms with Gasteiger partial charge >= 0.3 is 12.4 Å². The summed E-state index contributed by atoms with van der Waals surface area (Å²) in [7, 11) is 0. The predicted molar refractivity (Wildman–Crippen MR) is 112 cm³/mol. The molecule has 2 N–H and O–H groups in total. The summed E-state index contributed by atoms with van der Waals surface area (Å²) in [5, 5.41) is 8.93. The first-order chi connectivity index (χ1) is 15.3. The number of fused-ring (bicyclic) bond motifs is 1. The standard InChI is InChI=1S/C19H12Br2F6N4O2/c20-13-5-4-11(33-13)10-7-12(19(25,26)27)31-16(29-10)14(21)15(30-31)17(32)28-9-3-1-2-8(6-9)18(22,23)24/h1-6,10,12,29H,7H2,(H,28,32)/t10-,12-/m0/s1. The monoisotopic (exact) mass is 600 g/mol. The second-order valence-corrected chi connectivity index (χ2v) is 8.69. The lowest BCUT2D eigenvalue weighted by Crippen LogP contribution is -2.35. The summed E-state index contributed by atoms with van der Waals surface area (Å²) in [6.07, 6.45) is -9.78. The van der Waals surface area contributed by atoms with Gasteiger partial charge in [-0.05, 0) is 62.2 Å². The van der Waals surface area contributed by atoms with Crippen LogP contribution < -0.4 is 10.6 Å². The van der Waals surface area contributed by atoms with Gasteiger partial charge in [0.1, 0.15) is 11.6 Å². The number of benzene rings is 1. The third-order valence-electron chi connectivity index (χ3n) is 4.90. The number of alkyl halides is 6. The van der Waals surface area contributed by atoms with Crippen molar-refractivity contribution in [1.29, 1.82) is 0 Å². The van der Waals surface area contributed by atoms with Gasteiger partial charge in [-0.3, -0.25) is 4.79 Å². The number of hydrogen-bond donors (Lipinski definition) is 2. The van der Waals surface area contributed by atoms with Gasteiger partial charge < -0.3 is 15.1 Å². The minimum Gasteiger partial charge on any atom is -0.452 e. The Balaban J connectivity index is 1.67. The lowest BCUT2D eigenvalue weighted by Gasteiger charge is -2.32. The van der Waals surface area contributed by atoms with Crippen LogP contribution in [0.4, 0.5) is 37.8 Å². The molecular weight excluding hydrogens is 590 g/mol. The number of nitrogens with one attached hydrogen (secondary N) is 2. The minimum absolute atomic E-state index is 0.0726. The maximum absolute atomic E-state index is 13.8. The fraction of sp³-hybridized carbons (Fsp3) is 0.263. The van der Waals surface area contributed by atoms with Crippen LogP contribution in [0.3, 0.4) is 0 Å². The molecule has 0 radical (unpaired) electrons. The first-order valence-corrected chi connectivity index (χ1v) is 10.8. The van der Waals surface area contributed by atoms with Gasteiger partial charge in [-0.1, -0.05) is 6.07 Å². The zero-order valence-corrected chi connectivity index (χ0v) is 19.2. The van der Waals surface area contributed by atoms with Crippen LogP contribution in [-0.4, -0.2) is 21.9 Å². The van der Waals surface area contributed by atoms with Crippen LogP contribution in [0.5, 0.6) is 0 Å². The van der Waals surface area contributed by atoms with Crippen LogP contribution in [0, 0.1) is 0 Å². The first kappa shape index (κ1) is 23.7. The predicted octanol–water partition coefficient (Wildman–Crippen LogP) is 6.93. The maximum Gasteiger partial charge on any atom is 0.416 e. The van der Waals surface area contributed by atoms with Crippen molar-refractivity contribution < 1.29 is 35.6 Å². The summed E-state index contributed by atoms with van der Waals surface area (Å²) in [6, 6.07) is 3.95. The van der Waals surface area contributed by atoms with Gasteiger partial charge in [0.2, 0.25) is 0 Å². The molecule has 14 heteroatoms. The largest absolute Gasteiger partial charge is 0.452 e. The van der Waals surface area contributed by atoms with Crippen LogP contribution in [0.2, 0.25) is 0 Å². The van der Waals surface area contributed by atoms with E-state index in [0.717, 1.165) is 12.1 Å². The topological polar surface area (TPSA) is 72.1 Å². The lowest BCUT2D eigenvalue weighted by atomic mass is 10.0. The van der Waals surface area contributed by atoms with Crippen molar-refractivity contribution >= 4 is 49.3 Å². The molecular formula is C19H12Br2F6N4O2. The number of amides is 1. The van der Waals surface area contributed by atoms with Crippen molar-refractivity contribution in [2.24, 2.45) is 0 Å². The lowest BCUT2D eigenvalue weighted by molar-refractivity contribution is -0.174. The molecule has 1 aliphatic rings. The molecule has 3 heterocycles. The van der Waals surface area contributed by atoms with Crippen molar-refractivity contribution in [1.82, 2.24) is 9.78 Å². The number of anilines is 2. The van der Waals surface area contributed by atoms with E-state index in [1.165, 1.54) is 18.2 Å². The minimum atomic E-state index is -4.70. The Bertz CT molecular complexity index is 1200. The first-order valence-electron chi connectivity index (χ1n) is 9.19. The highest BCUT2D eigenvalue weighted by Gasteiger charge is 2.48. The van der Waals surface area contributed by atoms with Crippen LogP contribution in [0.15, 0.2) is 50.0 Å². The van der Waals surface area contributed by atoms with Crippen LogP contribution in [0.25, 0.3) is 0 Å². The van der Waals surface area contributed by atoms with E-state index in [1.807, 2.05) is 0 Å². The van der Waals surface area contributed by atoms with E-state index in [1.54, 1.807) is 0 Å². The fourth-order valence-corrected chi connectivity index (χ4v) is 4.27. The van der Waals surface area contributed by atoms with E-state index < -0.39 is 48.0 Å². The van der Waals surface area contributed by atoms with Gasteiger partial charge in [-0.15, -0.1) is 0 Å². The molecule has 0 saturated carbocycles. The summed E-state index contributed by atoms with van der Waals surface area (Å²) in [5.41, 5.74) is -1.61. The van der Waals surface area contributed by atoms with Crippen molar-refractivity contribution in [2.45, 2.75) is 30.9 Å². The molecule has 33 heavy (non-hydrogen) atoms. The number of rotatable bonds is 3. The van der Waals surface area contributed by atoms with E-state index in [4.69, 9.17) is 4.42 Å². The summed E-state index contributed by atoms with van der Waals surface area (Å²) in [5.74, 6) is -0.858. The molecule has 2 aromatic heterocycles. The molecule has 1 aliphatic heterocycles. The van der Waals surface area contributed by atoms with Gasteiger partial charge in [0, 0.05) is 12.1 Å². The molecule has 176 valence electrons. The zero-order valence-electron chi connectivity index (χ0n) is 16.1. The molecule has 1 aromatic carbocycles. The van der Waals surface area contributed by atoms with E-state index in [2.05, 4.69) is 47.6 Å². The van der Waals surface area contributed by atoms with Crippen molar-refractivity contribution in [2.75, 3.05) is 10.6 Å². The number of carbonyl (C=O) groups is 1. The van der Waals surface area contributed by atoms with E-state index in [0.29, 0.717) is 15.4 Å². The molecule has 2 atom stereocenters. The third kappa shape index (κ3) is 4.76. The number of halogens is 8. The number of hydrogen-bond acceptors (Lipinski definition) is 4. The molecule has 0 spiro atoms. The maximum atomic E-state index is 13.8. The van der Waals surface area contributed by atoms with Gasteiger partial charge in [-0.2, -0.15) is 31.4 Å². The number of nitrogens with zero attached hydrogens (tertiary/aromatic N) is 2. The Morgan fingerprint density at radius 3 is 2.48 bits per heavy atom. The van der Waals surface area contributed by atoms with Crippen LogP contribution in [-0.2, 0) is 6.18 Å². The fourth-order valence-electron chi connectivity index (χ4n) is 3.40. The van der Waals surface area contributed by atoms with Crippen molar-refractivity contribution in [3.05, 3.63) is 62.6 Å². The summed E-state index contributed by atoms with van der Waals surface area (Å²) in [4.78, 5) is 12.7. The summed E-state index contributed by atoms with van der Waals surface area (Å²) >= 11 is 6.21. The molecule has 0 aliphatic carbocycles. The van der Waals surface area contributed by atoms with Crippen LogP contribution in [0.1, 0.15) is 40.3 Å². The third-order valence-corrected chi connectivity index (χ3v) is 6.07. The quantitative estimate of drug-likeness (QED) is 0.319. The Hall–Kier alpha value is -2.48. The van der Waals surface area contributed by atoms with Gasteiger partial charge in [0.25, 0.3) is 5.91 Å². The van der Waals surface area contributed by atoms with E-state index in [-0.39, 0.29) is 21.7 Å². The average Bonchev–Trinajstić information content (AvgIpc) is 3.30. The Morgan fingerprint density at radius 1 is 1.15 bits per heavy atom. The molecule has 3 aromatic rings. The zero-order chi connectivity index (χ0) is 24.1. The van der Waals surface area contributed by atoms with Gasteiger partial charge in [-0.25, -0.2) is 4.68 Å². The molecule has 0 bridgehead atoms. The molecule has 0 fully saturated rings. The summed E-state index contributed by atoms with van der Waals surface area (Å²) in [6.45, 7) is 0. The SMILES string of the molecule is O=C(Nc1cccc(C(F)(F)F)c1)c1nn2c(c1Br)N[C@H](c1ccc(Br)o1)C[C@H]2C(F)(F)F. The molecule has 0 saturated heterocycles. The number of carbonyl (C=O) groups excluding carboxylic acids is 1. The van der Waals surface area contributed by atoms with Gasteiger partial charge in [0.15, 0.2) is 16.4 Å². The van der Waals surface area contributed by atoms with Crippen LogP contribution >= 0.6 is 31.9 Å². The van der Waals surface area contributed by atoms with Crippen molar-refractivity contribution in [3.8, 4) is 0 Å². The highest BCUT2D eigenvalue weighted by atomic mass is 79.9. The number of aromatic nitrogens is 2. The molecule has 1 amide bonds. The molecule has 6 nitrogen and oxygen atoms in total. The second-order valence-electron chi connectivity index (χ2n) is 7.12. The van der Waals surface area contributed by atoms with Gasteiger partial charge in [0.05, 0.1) is 16.1 Å². The second kappa shape index (κ2) is 8.38. The van der Waals surface area contributed by atoms with E-state index >= 15 is 0 Å². The normalized spacial score (nSPS) is 18.5. The highest BCUT2D eigenvalue weighted by molar-refractivity contribution is 9.10.